The summed E-state index contributed by atoms with van der Waals surface area (Å²) in [6.07, 6.45) is 2.65. The van der Waals surface area contributed by atoms with Crippen LogP contribution in [0.5, 0.6) is 0 Å². The fourth-order valence-electron chi connectivity index (χ4n) is 2.85. The van der Waals surface area contributed by atoms with Crippen molar-refractivity contribution in [2.24, 2.45) is 0 Å². The molecular formula is C15H19FN2O2. The van der Waals surface area contributed by atoms with Crippen LogP contribution in [0, 0.1) is 5.82 Å². The van der Waals surface area contributed by atoms with Crippen LogP contribution in [0.2, 0.25) is 0 Å². The number of hydrogen-bond donors (Lipinski definition) is 1. The Morgan fingerprint density at radius 2 is 1.90 bits per heavy atom. The molecule has 0 atom stereocenters. The molecule has 1 saturated heterocycles. The molecule has 2 aliphatic rings. The number of carbonyl (C=O) groups is 1. The maximum absolute atomic E-state index is 13.4. The third-order valence-corrected chi connectivity index (χ3v) is 4.08. The standard InChI is InChI=1S/C15H19FN2O2/c16-13-8-11(7-12(9-13)15(19)20)10-17-3-5-18(6-4-17)14-1-2-14/h7-9,14H,1-6,10H2,(H,19,20). The molecule has 20 heavy (non-hydrogen) atoms. The van der Waals surface area contributed by atoms with E-state index in [4.69, 9.17) is 5.11 Å². The molecule has 0 radical (unpaired) electrons. The summed E-state index contributed by atoms with van der Waals surface area (Å²) < 4.78 is 13.4. The largest absolute Gasteiger partial charge is 0.478 e. The Balaban J connectivity index is 1.61. The van der Waals surface area contributed by atoms with Crippen molar-refractivity contribution in [1.82, 2.24) is 9.80 Å². The average molecular weight is 278 g/mol. The number of carboxylic acid groups (broad SMARTS) is 1. The fraction of sp³-hybridized carbons (Fsp3) is 0.533. The normalized spacial score (nSPS) is 21.1. The van der Waals surface area contributed by atoms with E-state index in [-0.39, 0.29) is 5.56 Å². The Labute approximate surface area is 117 Å². The molecule has 2 fully saturated rings. The van der Waals surface area contributed by atoms with E-state index in [2.05, 4.69) is 9.80 Å². The van der Waals surface area contributed by atoms with Gasteiger partial charge in [-0.3, -0.25) is 9.80 Å². The lowest BCUT2D eigenvalue weighted by Gasteiger charge is -2.34. The number of halogens is 1. The molecule has 0 bridgehead atoms. The second-order valence-corrected chi connectivity index (χ2v) is 5.70. The Morgan fingerprint density at radius 3 is 2.50 bits per heavy atom. The van der Waals surface area contributed by atoms with Gasteiger partial charge in [-0.05, 0) is 36.6 Å². The summed E-state index contributed by atoms with van der Waals surface area (Å²) in [5.74, 6) is -1.55. The number of piperazine rings is 1. The second kappa shape index (κ2) is 5.50. The molecule has 1 saturated carbocycles. The molecule has 1 heterocycles. The van der Waals surface area contributed by atoms with Crippen LogP contribution in [0.1, 0.15) is 28.8 Å². The number of hydrogen-bond acceptors (Lipinski definition) is 3. The topological polar surface area (TPSA) is 43.8 Å². The van der Waals surface area contributed by atoms with Gasteiger partial charge in [0.15, 0.2) is 0 Å². The van der Waals surface area contributed by atoms with Crippen LogP contribution in [-0.2, 0) is 6.54 Å². The number of nitrogens with zero attached hydrogens (tertiary/aromatic N) is 2. The van der Waals surface area contributed by atoms with Gasteiger partial charge in [0.1, 0.15) is 5.82 Å². The SMILES string of the molecule is O=C(O)c1cc(F)cc(CN2CCN(C3CC3)CC2)c1. The van der Waals surface area contributed by atoms with Crippen LogP contribution < -0.4 is 0 Å². The monoisotopic (exact) mass is 278 g/mol. The summed E-state index contributed by atoms with van der Waals surface area (Å²) in [5.41, 5.74) is 0.763. The minimum Gasteiger partial charge on any atom is -0.478 e. The zero-order valence-corrected chi connectivity index (χ0v) is 11.4. The van der Waals surface area contributed by atoms with Crippen molar-refractivity contribution < 1.29 is 14.3 Å². The predicted octanol–water partition coefficient (Wildman–Crippen LogP) is 1.80. The lowest BCUT2D eigenvalue weighted by Crippen LogP contribution is -2.46. The minimum absolute atomic E-state index is 0.0246. The van der Waals surface area contributed by atoms with Crippen LogP contribution in [0.25, 0.3) is 0 Å². The van der Waals surface area contributed by atoms with Gasteiger partial charge in [-0.2, -0.15) is 0 Å². The van der Waals surface area contributed by atoms with Gasteiger partial charge in [-0.25, -0.2) is 9.18 Å². The summed E-state index contributed by atoms with van der Waals surface area (Å²) in [5, 5.41) is 8.96. The van der Waals surface area contributed by atoms with Crippen LogP contribution in [-0.4, -0.2) is 53.1 Å². The third-order valence-electron chi connectivity index (χ3n) is 4.08. The van der Waals surface area contributed by atoms with E-state index in [1.54, 1.807) is 6.07 Å². The van der Waals surface area contributed by atoms with E-state index >= 15 is 0 Å². The highest BCUT2D eigenvalue weighted by Crippen LogP contribution is 2.27. The first-order chi connectivity index (χ1) is 9.61. The molecule has 1 aliphatic heterocycles. The molecule has 1 aliphatic carbocycles. The Bertz CT molecular complexity index is 509. The van der Waals surface area contributed by atoms with Crippen LogP contribution in [0.15, 0.2) is 18.2 Å². The highest BCUT2D eigenvalue weighted by molar-refractivity contribution is 5.87. The molecule has 5 heteroatoms. The zero-order valence-electron chi connectivity index (χ0n) is 11.4. The minimum atomic E-state index is -1.08. The quantitative estimate of drug-likeness (QED) is 0.912. The number of rotatable bonds is 4. The molecule has 3 rings (SSSR count). The zero-order chi connectivity index (χ0) is 14.1. The summed E-state index contributed by atoms with van der Waals surface area (Å²) in [4.78, 5) is 15.7. The lowest BCUT2D eigenvalue weighted by atomic mass is 10.1. The number of aromatic carboxylic acids is 1. The Morgan fingerprint density at radius 1 is 1.20 bits per heavy atom. The third kappa shape index (κ3) is 3.16. The van der Waals surface area contributed by atoms with E-state index in [9.17, 15) is 9.18 Å². The fourth-order valence-corrected chi connectivity index (χ4v) is 2.85. The van der Waals surface area contributed by atoms with Crippen LogP contribution in [0.3, 0.4) is 0 Å². The van der Waals surface area contributed by atoms with Gasteiger partial charge in [0.05, 0.1) is 5.56 Å². The van der Waals surface area contributed by atoms with Crippen molar-refractivity contribution in [3.05, 3.63) is 35.1 Å². The number of carboxylic acids is 1. The first kappa shape index (κ1) is 13.5. The molecule has 108 valence electrons. The molecular weight excluding hydrogens is 259 g/mol. The van der Waals surface area contributed by atoms with Crippen molar-refractivity contribution in [2.75, 3.05) is 26.2 Å². The Kier molecular flexibility index (Phi) is 3.72. The van der Waals surface area contributed by atoms with E-state index in [0.29, 0.717) is 6.54 Å². The molecule has 1 aromatic rings. The molecule has 0 unspecified atom stereocenters. The molecule has 1 aromatic carbocycles. The molecule has 0 aromatic heterocycles. The smallest absolute Gasteiger partial charge is 0.335 e. The molecule has 0 spiro atoms. The van der Waals surface area contributed by atoms with Gasteiger partial charge in [0.2, 0.25) is 0 Å². The van der Waals surface area contributed by atoms with Crippen LogP contribution >= 0.6 is 0 Å². The van der Waals surface area contributed by atoms with E-state index in [0.717, 1.165) is 43.9 Å². The van der Waals surface area contributed by atoms with Gasteiger partial charge in [0.25, 0.3) is 0 Å². The van der Waals surface area contributed by atoms with Gasteiger partial charge in [-0.15, -0.1) is 0 Å². The maximum Gasteiger partial charge on any atom is 0.335 e. The summed E-state index contributed by atoms with van der Waals surface area (Å²) in [6.45, 7) is 4.68. The Hall–Kier alpha value is -1.46. The van der Waals surface area contributed by atoms with Crippen molar-refractivity contribution in [1.29, 1.82) is 0 Å². The van der Waals surface area contributed by atoms with Gasteiger partial charge < -0.3 is 5.11 Å². The summed E-state index contributed by atoms with van der Waals surface area (Å²) in [6, 6.07) is 4.86. The van der Waals surface area contributed by atoms with Crippen molar-refractivity contribution in [3.63, 3.8) is 0 Å². The van der Waals surface area contributed by atoms with Gasteiger partial charge in [-0.1, -0.05) is 0 Å². The summed E-state index contributed by atoms with van der Waals surface area (Å²) >= 11 is 0. The van der Waals surface area contributed by atoms with E-state index in [1.165, 1.54) is 18.9 Å². The molecule has 0 amide bonds. The number of benzene rings is 1. The highest BCUT2D eigenvalue weighted by atomic mass is 19.1. The maximum atomic E-state index is 13.4. The first-order valence-corrected chi connectivity index (χ1v) is 7.11. The highest BCUT2D eigenvalue weighted by Gasteiger charge is 2.31. The first-order valence-electron chi connectivity index (χ1n) is 7.11. The van der Waals surface area contributed by atoms with Gasteiger partial charge >= 0.3 is 5.97 Å². The lowest BCUT2D eigenvalue weighted by molar-refractivity contribution is 0.0696. The van der Waals surface area contributed by atoms with Crippen molar-refractivity contribution >= 4 is 5.97 Å². The molecule has 1 N–H and O–H groups in total. The van der Waals surface area contributed by atoms with Crippen molar-refractivity contribution in [2.45, 2.75) is 25.4 Å². The van der Waals surface area contributed by atoms with E-state index in [1.807, 2.05) is 0 Å². The van der Waals surface area contributed by atoms with Crippen molar-refractivity contribution in [3.8, 4) is 0 Å². The molecule has 4 nitrogen and oxygen atoms in total. The van der Waals surface area contributed by atoms with Crippen LogP contribution in [0.4, 0.5) is 4.39 Å². The average Bonchev–Trinajstić information content (AvgIpc) is 3.23. The predicted molar refractivity (Wildman–Crippen MR) is 73.2 cm³/mol. The van der Waals surface area contributed by atoms with Gasteiger partial charge in [0, 0.05) is 38.8 Å². The summed E-state index contributed by atoms with van der Waals surface area (Å²) in [7, 11) is 0. The second-order valence-electron chi connectivity index (χ2n) is 5.70. The van der Waals surface area contributed by atoms with E-state index < -0.39 is 11.8 Å².